The van der Waals surface area contributed by atoms with Crippen molar-refractivity contribution in [2.24, 2.45) is 77.1 Å². The van der Waals surface area contributed by atoms with Gasteiger partial charge in [-0.05, 0) is 39.9 Å². The van der Waals surface area contributed by atoms with Crippen molar-refractivity contribution in [3.05, 3.63) is 285 Å². The summed E-state index contributed by atoms with van der Waals surface area (Å²) in [7, 11) is 4.41. The van der Waals surface area contributed by atoms with Crippen LogP contribution in [0.2, 0.25) is 0 Å². The molecule has 0 radical (unpaired) electrons. The first-order valence-electron chi connectivity index (χ1n) is 35.7. The summed E-state index contributed by atoms with van der Waals surface area (Å²) in [6.45, 7) is 0. The number of aromatic nitrogens is 6. The van der Waals surface area contributed by atoms with Gasteiger partial charge in [-0.3, -0.25) is 0 Å². The molecular formula is C81H78B3N21O6S3. The van der Waals surface area contributed by atoms with Crippen LogP contribution in [0.4, 0.5) is 34.9 Å². The molecule has 33 heteroatoms. The molecule has 12 bridgehead atoms. The zero-order chi connectivity index (χ0) is 80.9. The van der Waals surface area contributed by atoms with Crippen molar-refractivity contribution >= 4 is 194 Å². The zero-order valence-corrected chi connectivity index (χ0v) is 66.0. The molecule has 0 saturated heterocycles. The smallest absolute Gasteiger partial charge is 0.413 e. The van der Waals surface area contributed by atoms with Gasteiger partial charge in [0.15, 0.2) is 35.0 Å². The first-order valence-corrected chi connectivity index (χ1v) is 38.4. The Morgan fingerprint density at radius 3 is 0.526 bits per heavy atom. The van der Waals surface area contributed by atoms with E-state index in [1.165, 1.54) is 21.1 Å². The number of benzene rings is 9. The van der Waals surface area contributed by atoms with Crippen LogP contribution in [-0.2, 0) is 0 Å². The van der Waals surface area contributed by atoms with Gasteiger partial charge in [0.2, 0.25) is 0 Å². The van der Waals surface area contributed by atoms with Gasteiger partial charge in [0.05, 0.1) is 0 Å². The third-order valence-corrected chi connectivity index (χ3v) is 19.3. The molecule has 0 saturated carbocycles. The lowest BCUT2D eigenvalue weighted by atomic mass is 10.00. The van der Waals surface area contributed by atoms with E-state index >= 15 is 0 Å². The lowest BCUT2D eigenvalue weighted by molar-refractivity contribution is 0.399. The molecule has 15 heterocycles. The topological polar surface area (TPSA) is 377 Å². The number of aliphatic hydroxyl groups is 3. The predicted octanol–water partition coefficient (Wildman–Crippen LogP) is 7.31. The highest BCUT2D eigenvalue weighted by Gasteiger charge is 2.40. The Hall–Kier alpha value is -12.1. The Morgan fingerprint density at radius 1 is 0.202 bits per heavy atom. The Morgan fingerprint density at radius 2 is 0.342 bits per heavy atom. The summed E-state index contributed by atoms with van der Waals surface area (Å²) in [4.78, 5) is 59.3. The Balaban J connectivity index is 0.000000136. The van der Waals surface area contributed by atoms with Crippen molar-refractivity contribution in [1.82, 2.24) is 26.9 Å². The molecule has 0 fully saturated rings. The highest BCUT2D eigenvalue weighted by molar-refractivity contribution is 7.79. The van der Waals surface area contributed by atoms with Gasteiger partial charge in [-0.15, -0.1) is 0 Å². The van der Waals surface area contributed by atoms with Crippen LogP contribution in [0.1, 0.15) is 33.4 Å². The minimum absolute atomic E-state index is 0.590. The van der Waals surface area contributed by atoms with Crippen LogP contribution in [0.3, 0.4) is 0 Å². The average molecular weight is 1570 g/mol. The minimum atomic E-state index is -1.03. The molecule has 0 amide bonds. The average Bonchev–Trinajstić information content (AvgIpc) is 1.56. The number of hydrogen-bond donors (Lipinski definition) is 12. The number of hydrogen-bond acceptors (Lipinski definition) is 24. The summed E-state index contributed by atoms with van der Waals surface area (Å²) in [5.41, 5.74) is 23.1. The molecule has 114 heavy (non-hydrogen) atoms. The van der Waals surface area contributed by atoms with Gasteiger partial charge in [0.1, 0.15) is 67.8 Å². The number of fused-ring (bicyclic) bond motifs is 30. The normalized spacial score (nSPS) is 13.3. The fourth-order valence-corrected chi connectivity index (χ4v) is 15.1. The lowest BCUT2D eigenvalue weighted by Gasteiger charge is -2.18. The van der Waals surface area contributed by atoms with Crippen molar-refractivity contribution in [3.8, 4) is 0 Å². The molecule has 9 aliphatic heterocycles. The van der Waals surface area contributed by atoms with Crippen LogP contribution in [0.5, 0.6) is 0 Å². The molecule has 0 unspecified atom stereocenters. The third-order valence-electron chi connectivity index (χ3n) is 19.3. The standard InChI is InChI=1S/3C24H13BN6O.3CH5N.3CH4O.3CH4S/c3*32-25-30-21-15-9-3-5-11-17(15)23(30)29-24-18-12-6-4-10-16(18)22(31(24)25)28-20-14-8-2-1-7-13(14)19(26-20)27-21;9*1-2/h3*1-12,32H;3*2H2,1H3;6*2H,1H3. The van der Waals surface area contributed by atoms with E-state index in [0.29, 0.717) is 103 Å². The van der Waals surface area contributed by atoms with E-state index < -0.39 is 21.6 Å². The van der Waals surface area contributed by atoms with Crippen LogP contribution in [0.15, 0.2) is 278 Å². The van der Waals surface area contributed by atoms with Gasteiger partial charge in [-0.25, -0.2) is 59.9 Å². The van der Waals surface area contributed by atoms with Crippen molar-refractivity contribution in [2.75, 3.05) is 61.2 Å². The van der Waals surface area contributed by atoms with Crippen LogP contribution in [0.25, 0.3) is 64.6 Å². The molecule has 9 aliphatic rings. The summed E-state index contributed by atoms with van der Waals surface area (Å²) in [6, 6.07) is 71.9. The fraction of sp³-hybridized carbons (Fsp3) is 0.111. The second-order valence-corrected chi connectivity index (χ2v) is 24.3. The van der Waals surface area contributed by atoms with Crippen LogP contribution >= 0.6 is 37.9 Å². The number of aliphatic hydroxyl groups excluding tert-OH is 3. The van der Waals surface area contributed by atoms with Gasteiger partial charge in [-0.2, -0.15) is 37.9 Å². The summed E-state index contributed by atoms with van der Waals surface area (Å²) < 4.78 is 10.7. The molecule has 0 aliphatic carbocycles. The largest absolute Gasteiger partial charge is 0.560 e. The molecule has 15 aromatic rings. The highest BCUT2D eigenvalue weighted by atomic mass is 32.1. The van der Waals surface area contributed by atoms with E-state index in [0.717, 1.165) is 119 Å². The summed E-state index contributed by atoms with van der Waals surface area (Å²) in [6.07, 6.45) is 5.08. The van der Waals surface area contributed by atoms with E-state index in [1.807, 2.05) is 218 Å². The van der Waals surface area contributed by atoms with Crippen LogP contribution in [0, 0.1) is 0 Å². The first kappa shape index (κ1) is 80.0. The molecule has 570 valence electrons. The summed E-state index contributed by atoms with van der Waals surface area (Å²) in [5.74, 6) is 7.51. The van der Waals surface area contributed by atoms with E-state index in [2.05, 4.69) is 55.1 Å². The van der Waals surface area contributed by atoms with Gasteiger partial charge < -0.3 is 74.5 Å². The maximum Gasteiger partial charge on any atom is 0.560 e. The minimum Gasteiger partial charge on any atom is -0.413 e. The monoisotopic (exact) mass is 1570 g/mol. The second kappa shape index (κ2) is 34.5. The summed E-state index contributed by atoms with van der Waals surface area (Å²) >= 11 is 10.6. The molecule has 0 spiro atoms. The Kier molecular flexibility index (Phi) is 24.2. The number of nitrogens with zero attached hydrogens (tertiary/aromatic N) is 18. The van der Waals surface area contributed by atoms with E-state index in [-0.39, 0.29) is 0 Å². The molecule has 27 nitrogen and oxygen atoms in total. The van der Waals surface area contributed by atoms with E-state index in [9.17, 15) is 15.1 Å². The quantitative estimate of drug-likeness (QED) is 0.0534. The molecule has 12 N–H and O–H groups in total. The fourth-order valence-electron chi connectivity index (χ4n) is 15.1. The van der Waals surface area contributed by atoms with Crippen LogP contribution in [-0.4, -0.2) is 175 Å². The lowest BCUT2D eigenvalue weighted by Crippen LogP contribution is -2.48. The predicted molar refractivity (Wildman–Crippen MR) is 471 cm³/mol. The van der Waals surface area contributed by atoms with Gasteiger partial charge in [-0.1, -0.05) is 218 Å². The second-order valence-electron chi connectivity index (χ2n) is 24.3. The number of rotatable bonds is 0. The molecule has 6 aromatic heterocycles. The Bertz CT molecular complexity index is 6270. The third kappa shape index (κ3) is 12.6. The Labute approximate surface area is 670 Å². The first-order chi connectivity index (χ1) is 56.4. The van der Waals surface area contributed by atoms with Gasteiger partial charge >= 0.3 is 21.6 Å². The molecular weight excluding hydrogens is 1490 g/mol. The van der Waals surface area contributed by atoms with Crippen molar-refractivity contribution < 1.29 is 30.4 Å². The molecule has 0 atom stereocenters. The maximum atomic E-state index is 11.7. The summed E-state index contributed by atoms with van der Waals surface area (Å²) in [5, 5.41) is 67.2. The highest BCUT2D eigenvalue weighted by Crippen LogP contribution is 2.44. The number of thiol groups is 3. The maximum absolute atomic E-state index is 11.7. The van der Waals surface area contributed by atoms with Crippen molar-refractivity contribution in [1.29, 1.82) is 0 Å². The van der Waals surface area contributed by atoms with Gasteiger partial charge in [0, 0.05) is 119 Å². The van der Waals surface area contributed by atoms with E-state index in [4.69, 9.17) is 75.2 Å². The number of amidine groups is 6. The SMILES string of the molecule is CN.CN.CN.CO.CO.CO.CS.CS.CS.OB1n2c3c4ccccc4c2N=c2c4ccccc4c(n21)=NC1=NC(=N3)c2ccccc21.OB1n2c3c4ccccc4c2N=c2c4ccccc4c(n21)=NC1=NC(=N3)c2ccccc21.OB1n2c3c4ccccc4c2N=c2c4ccccc4c(n21)=NC1=NC(=N3)c2ccccc21. The van der Waals surface area contributed by atoms with Crippen LogP contribution < -0.4 is 50.1 Å². The molecule has 9 aromatic carbocycles. The molecule has 24 rings (SSSR count). The van der Waals surface area contributed by atoms with E-state index in [1.54, 1.807) is 45.6 Å². The number of nitrogens with two attached hydrogens (primary N) is 3. The van der Waals surface area contributed by atoms with Gasteiger partial charge in [0.25, 0.3) is 0 Å². The number of aliphatic imine (C=N–C) groups is 6. The van der Waals surface area contributed by atoms with Crippen molar-refractivity contribution in [3.63, 3.8) is 0 Å². The zero-order valence-electron chi connectivity index (χ0n) is 63.3. The van der Waals surface area contributed by atoms with Crippen molar-refractivity contribution in [2.45, 2.75) is 0 Å².